The highest BCUT2D eigenvalue weighted by atomic mass is 19.1. The average Bonchev–Trinajstić information content (AvgIpc) is 3.34. The second kappa shape index (κ2) is 7.22. The number of hydrogen-bond donors (Lipinski definition) is 1. The van der Waals surface area contributed by atoms with E-state index in [1.165, 1.54) is 24.7 Å². The van der Waals surface area contributed by atoms with Gasteiger partial charge < -0.3 is 9.32 Å². The SMILES string of the molecule is O=C(c1ccoc1)N1CCC(c2n[nH]c(=O)n2Cc2ccc(F)cc2)CC1. The van der Waals surface area contributed by atoms with Gasteiger partial charge in [0.25, 0.3) is 5.91 Å². The van der Waals surface area contributed by atoms with E-state index in [0.29, 0.717) is 31.0 Å². The number of hydrogen-bond acceptors (Lipinski definition) is 4. The van der Waals surface area contributed by atoms with Gasteiger partial charge >= 0.3 is 5.69 Å². The van der Waals surface area contributed by atoms with Crippen molar-refractivity contribution in [3.63, 3.8) is 0 Å². The van der Waals surface area contributed by atoms with Gasteiger partial charge in [0.2, 0.25) is 0 Å². The van der Waals surface area contributed by atoms with Gasteiger partial charge in [0.15, 0.2) is 0 Å². The van der Waals surface area contributed by atoms with Crippen LogP contribution < -0.4 is 5.69 Å². The monoisotopic (exact) mass is 370 g/mol. The largest absolute Gasteiger partial charge is 0.472 e. The Bertz CT molecular complexity index is 967. The molecule has 8 heteroatoms. The molecule has 0 radical (unpaired) electrons. The maximum Gasteiger partial charge on any atom is 0.343 e. The molecule has 1 aromatic carbocycles. The van der Waals surface area contributed by atoms with E-state index >= 15 is 0 Å². The summed E-state index contributed by atoms with van der Waals surface area (Å²) in [5.74, 6) is 0.402. The molecule has 1 aliphatic rings. The zero-order valence-corrected chi connectivity index (χ0v) is 14.6. The maximum atomic E-state index is 13.1. The van der Waals surface area contributed by atoms with E-state index in [1.54, 1.807) is 27.7 Å². The van der Waals surface area contributed by atoms with Crippen LogP contribution in [0.3, 0.4) is 0 Å². The van der Waals surface area contributed by atoms with Crippen molar-refractivity contribution in [2.45, 2.75) is 25.3 Å². The van der Waals surface area contributed by atoms with Crippen molar-refractivity contribution < 1.29 is 13.6 Å². The fourth-order valence-corrected chi connectivity index (χ4v) is 3.48. The van der Waals surface area contributed by atoms with Gasteiger partial charge in [0.05, 0.1) is 18.4 Å². The first-order chi connectivity index (χ1) is 13.1. The predicted octanol–water partition coefficient (Wildman–Crippen LogP) is 2.37. The Hall–Kier alpha value is -3.16. The molecule has 1 aliphatic heterocycles. The molecule has 1 amide bonds. The summed E-state index contributed by atoms with van der Waals surface area (Å²) < 4.78 is 19.7. The maximum absolute atomic E-state index is 13.1. The molecule has 7 nitrogen and oxygen atoms in total. The van der Waals surface area contributed by atoms with Crippen molar-refractivity contribution in [1.82, 2.24) is 19.7 Å². The second-order valence-corrected chi connectivity index (χ2v) is 6.68. The van der Waals surface area contributed by atoms with Crippen LogP contribution in [0.25, 0.3) is 0 Å². The van der Waals surface area contributed by atoms with Crippen molar-refractivity contribution in [1.29, 1.82) is 0 Å². The Balaban J connectivity index is 1.46. The number of piperidine rings is 1. The predicted molar refractivity (Wildman–Crippen MR) is 94.9 cm³/mol. The van der Waals surface area contributed by atoms with Crippen LogP contribution in [-0.2, 0) is 6.54 Å². The summed E-state index contributed by atoms with van der Waals surface area (Å²) in [4.78, 5) is 26.4. The summed E-state index contributed by atoms with van der Waals surface area (Å²) in [6.45, 7) is 1.51. The van der Waals surface area contributed by atoms with Crippen LogP contribution in [0.2, 0.25) is 0 Å². The lowest BCUT2D eigenvalue weighted by Crippen LogP contribution is -2.38. The molecular formula is C19H19FN4O3. The Morgan fingerprint density at radius 1 is 1.22 bits per heavy atom. The van der Waals surface area contributed by atoms with E-state index in [-0.39, 0.29) is 23.3 Å². The number of nitrogens with zero attached hydrogens (tertiary/aromatic N) is 3. The van der Waals surface area contributed by atoms with Gasteiger partial charge in [-0.25, -0.2) is 14.3 Å². The van der Waals surface area contributed by atoms with Gasteiger partial charge in [-0.05, 0) is 36.6 Å². The number of benzene rings is 1. The lowest BCUT2D eigenvalue weighted by molar-refractivity contribution is 0.0709. The smallest absolute Gasteiger partial charge is 0.343 e. The first kappa shape index (κ1) is 17.3. The van der Waals surface area contributed by atoms with Crippen molar-refractivity contribution in [3.8, 4) is 0 Å². The average molecular weight is 370 g/mol. The molecule has 0 bridgehead atoms. The van der Waals surface area contributed by atoms with Gasteiger partial charge in [-0.1, -0.05) is 12.1 Å². The molecule has 0 aliphatic carbocycles. The summed E-state index contributed by atoms with van der Waals surface area (Å²) in [6.07, 6.45) is 4.37. The molecule has 0 spiro atoms. The third-order valence-corrected chi connectivity index (χ3v) is 4.96. The minimum Gasteiger partial charge on any atom is -0.472 e. The summed E-state index contributed by atoms with van der Waals surface area (Å²) in [7, 11) is 0. The van der Waals surface area contributed by atoms with Gasteiger partial charge in [-0.3, -0.25) is 9.36 Å². The van der Waals surface area contributed by atoms with E-state index in [0.717, 1.165) is 18.4 Å². The number of likely N-dealkylation sites (tertiary alicyclic amines) is 1. The van der Waals surface area contributed by atoms with E-state index in [2.05, 4.69) is 10.2 Å². The van der Waals surface area contributed by atoms with Gasteiger partial charge in [0, 0.05) is 19.0 Å². The van der Waals surface area contributed by atoms with E-state index in [9.17, 15) is 14.0 Å². The Labute approximate surface area is 154 Å². The van der Waals surface area contributed by atoms with Crippen LogP contribution in [0.15, 0.2) is 52.1 Å². The second-order valence-electron chi connectivity index (χ2n) is 6.68. The fourth-order valence-electron chi connectivity index (χ4n) is 3.48. The number of aromatic nitrogens is 3. The molecule has 0 atom stereocenters. The quantitative estimate of drug-likeness (QED) is 0.764. The normalized spacial score (nSPS) is 15.2. The number of nitrogens with one attached hydrogen (secondary N) is 1. The standard InChI is InChI=1S/C19H19FN4O3/c20-16-3-1-13(2-4-16)11-24-17(21-22-19(24)26)14-5-8-23(9-6-14)18(25)15-7-10-27-12-15/h1-4,7,10,12,14H,5-6,8-9,11H2,(H,22,26). The van der Waals surface area contributed by atoms with Crippen molar-refractivity contribution in [3.05, 3.63) is 76.1 Å². The lowest BCUT2D eigenvalue weighted by atomic mass is 9.95. The number of halogens is 1. The molecule has 2 aromatic heterocycles. The molecular weight excluding hydrogens is 351 g/mol. The lowest BCUT2D eigenvalue weighted by Gasteiger charge is -2.31. The number of H-pyrrole nitrogens is 1. The summed E-state index contributed by atoms with van der Waals surface area (Å²) >= 11 is 0. The van der Waals surface area contributed by atoms with Crippen LogP contribution >= 0.6 is 0 Å². The summed E-state index contributed by atoms with van der Waals surface area (Å²) in [5, 5.41) is 6.72. The molecule has 0 saturated carbocycles. The molecule has 1 fully saturated rings. The molecule has 1 saturated heterocycles. The molecule has 140 valence electrons. The molecule has 3 heterocycles. The molecule has 27 heavy (non-hydrogen) atoms. The van der Waals surface area contributed by atoms with E-state index < -0.39 is 0 Å². The first-order valence-corrected chi connectivity index (χ1v) is 8.83. The van der Waals surface area contributed by atoms with Crippen LogP contribution in [0.5, 0.6) is 0 Å². The van der Waals surface area contributed by atoms with Crippen LogP contribution in [-0.4, -0.2) is 38.7 Å². The Morgan fingerprint density at radius 3 is 2.63 bits per heavy atom. The third kappa shape index (κ3) is 3.55. The highest BCUT2D eigenvalue weighted by molar-refractivity contribution is 5.93. The van der Waals surface area contributed by atoms with E-state index in [1.807, 2.05) is 0 Å². The number of carbonyl (C=O) groups is 1. The number of amides is 1. The number of furan rings is 1. The van der Waals surface area contributed by atoms with Crippen molar-refractivity contribution >= 4 is 5.91 Å². The summed E-state index contributed by atoms with van der Waals surface area (Å²) in [5.41, 5.74) is 1.08. The van der Waals surface area contributed by atoms with Gasteiger partial charge in [-0.2, -0.15) is 5.10 Å². The number of carbonyl (C=O) groups excluding carboxylic acids is 1. The van der Waals surface area contributed by atoms with Gasteiger partial charge in [0.1, 0.15) is 17.9 Å². The summed E-state index contributed by atoms with van der Waals surface area (Å²) in [6, 6.07) is 7.72. The first-order valence-electron chi connectivity index (χ1n) is 8.83. The Kier molecular flexibility index (Phi) is 4.62. The topological polar surface area (TPSA) is 84.1 Å². The van der Waals surface area contributed by atoms with Crippen LogP contribution in [0.4, 0.5) is 4.39 Å². The Morgan fingerprint density at radius 2 is 1.96 bits per heavy atom. The van der Waals surface area contributed by atoms with Crippen LogP contribution in [0.1, 0.15) is 40.5 Å². The highest BCUT2D eigenvalue weighted by Gasteiger charge is 2.28. The third-order valence-electron chi connectivity index (χ3n) is 4.96. The minimum atomic E-state index is -0.312. The highest BCUT2D eigenvalue weighted by Crippen LogP contribution is 2.27. The zero-order valence-electron chi connectivity index (χ0n) is 14.6. The molecule has 0 unspecified atom stereocenters. The molecule has 3 aromatic rings. The van der Waals surface area contributed by atoms with E-state index in [4.69, 9.17) is 4.42 Å². The number of rotatable bonds is 4. The fraction of sp³-hybridized carbons (Fsp3) is 0.316. The molecule has 1 N–H and O–H groups in total. The molecule has 4 rings (SSSR count). The van der Waals surface area contributed by atoms with Gasteiger partial charge in [-0.15, -0.1) is 0 Å². The minimum absolute atomic E-state index is 0.0482. The zero-order chi connectivity index (χ0) is 18.8. The number of aromatic amines is 1. The van der Waals surface area contributed by atoms with Crippen molar-refractivity contribution in [2.75, 3.05) is 13.1 Å². The van der Waals surface area contributed by atoms with Crippen LogP contribution in [0, 0.1) is 5.82 Å². The van der Waals surface area contributed by atoms with Crippen molar-refractivity contribution in [2.24, 2.45) is 0 Å².